The highest BCUT2D eigenvalue weighted by atomic mass is 32.1. The number of para-hydroxylation sites is 2. The van der Waals surface area contributed by atoms with Crippen molar-refractivity contribution in [3.05, 3.63) is 84.7 Å². The number of anilines is 1. The van der Waals surface area contributed by atoms with Crippen LogP contribution in [0.25, 0.3) is 26.5 Å². The lowest BCUT2D eigenvalue weighted by Crippen LogP contribution is -2.13. The van der Waals surface area contributed by atoms with E-state index in [1.807, 2.05) is 54.6 Å². The van der Waals surface area contributed by atoms with Gasteiger partial charge in [0.2, 0.25) is 0 Å². The molecule has 1 amide bonds. The number of nitrogens with zero attached hydrogens (tertiary/aromatic N) is 5. The monoisotopic (exact) mass is 398 g/mol. The lowest BCUT2D eigenvalue weighted by atomic mass is 10.1. The lowest BCUT2D eigenvalue weighted by Gasteiger charge is -2.10. The Morgan fingerprint density at radius 3 is 2.69 bits per heavy atom. The van der Waals surface area contributed by atoms with E-state index in [4.69, 9.17) is 4.98 Å². The van der Waals surface area contributed by atoms with Gasteiger partial charge in [-0.3, -0.25) is 4.79 Å². The zero-order chi connectivity index (χ0) is 19.6. The lowest BCUT2D eigenvalue weighted by molar-refractivity contribution is 0.102. The summed E-state index contributed by atoms with van der Waals surface area (Å²) in [6.45, 7) is 0. The van der Waals surface area contributed by atoms with Crippen molar-refractivity contribution in [2.45, 2.75) is 0 Å². The highest BCUT2D eigenvalue weighted by Crippen LogP contribution is 2.34. The SMILES string of the molecule is O=C(Nc1ccccc1-c1nc2ccccc2s1)c1cccc(-n2cnnn2)c1. The van der Waals surface area contributed by atoms with Crippen molar-refractivity contribution in [3.63, 3.8) is 0 Å². The molecule has 0 atom stereocenters. The van der Waals surface area contributed by atoms with Crippen LogP contribution in [-0.2, 0) is 0 Å². The second-order valence-corrected chi connectivity index (χ2v) is 7.32. The van der Waals surface area contributed by atoms with Crippen LogP contribution in [0.4, 0.5) is 5.69 Å². The van der Waals surface area contributed by atoms with Gasteiger partial charge in [-0.1, -0.05) is 30.3 Å². The number of aromatic nitrogens is 5. The van der Waals surface area contributed by atoms with Crippen molar-refractivity contribution in [2.24, 2.45) is 0 Å². The molecule has 2 heterocycles. The number of carbonyl (C=O) groups is 1. The Morgan fingerprint density at radius 2 is 1.83 bits per heavy atom. The number of hydrogen-bond donors (Lipinski definition) is 1. The molecule has 0 aliphatic rings. The first-order valence-electron chi connectivity index (χ1n) is 8.88. The Balaban J connectivity index is 1.47. The zero-order valence-electron chi connectivity index (χ0n) is 15.1. The molecule has 0 saturated heterocycles. The normalized spacial score (nSPS) is 10.9. The van der Waals surface area contributed by atoms with Gasteiger partial charge < -0.3 is 5.32 Å². The Kier molecular flexibility index (Phi) is 4.30. The Labute approximate surface area is 169 Å². The topological polar surface area (TPSA) is 85.6 Å². The molecule has 7 nitrogen and oxygen atoms in total. The molecule has 5 aromatic rings. The first-order valence-corrected chi connectivity index (χ1v) is 9.69. The predicted octanol–water partition coefficient (Wildman–Crippen LogP) is 4.19. The van der Waals surface area contributed by atoms with Crippen molar-refractivity contribution in [1.29, 1.82) is 0 Å². The van der Waals surface area contributed by atoms with Gasteiger partial charge in [-0.25, -0.2) is 9.67 Å². The summed E-state index contributed by atoms with van der Waals surface area (Å²) in [5.74, 6) is -0.214. The molecule has 0 fully saturated rings. The number of carbonyl (C=O) groups excluding carboxylic acids is 1. The average molecular weight is 398 g/mol. The molecule has 8 heteroatoms. The van der Waals surface area contributed by atoms with Crippen molar-refractivity contribution in [3.8, 4) is 16.3 Å². The minimum Gasteiger partial charge on any atom is -0.321 e. The van der Waals surface area contributed by atoms with Crippen molar-refractivity contribution < 1.29 is 4.79 Å². The van der Waals surface area contributed by atoms with E-state index in [-0.39, 0.29) is 5.91 Å². The molecular formula is C21H14N6OS. The summed E-state index contributed by atoms with van der Waals surface area (Å²) in [6.07, 6.45) is 1.49. The third-order valence-corrected chi connectivity index (χ3v) is 5.49. The standard InChI is InChI=1S/C21H14N6OS/c28-20(14-6-5-7-15(12-14)27-13-22-25-26-27)23-17-9-2-1-8-16(17)21-24-18-10-3-4-11-19(18)29-21/h1-13H,(H,23,28). The van der Waals surface area contributed by atoms with E-state index < -0.39 is 0 Å². The molecule has 0 radical (unpaired) electrons. The predicted molar refractivity (Wildman–Crippen MR) is 112 cm³/mol. The summed E-state index contributed by atoms with van der Waals surface area (Å²) in [5, 5.41) is 15.0. The van der Waals surface area contributed by atoms with Crippen LogP contribution in [0.15, 0.2) is 79.1 Å². The number of benzene rings is 3. The average Bonchev–Trinajstić information content (AvgIpc) is 3.44. The molecule has 3 aromatic carbocycles. The molecule has 0 spiro atoms. The van der Waals surface area contributed by atoms with E-state index >= 15 is 0 Å². The summed E-state index contributed by atoms with van der Waals surface area (Å²) in [5.41, 5.74) is 3.77. The van der Waals surface area contributed by atoms with Crippen molar-refractivity contribution >= 4 is 33.1 Å². The third kappa shape index (κ3) is 3.37. The first-order chi connectivity index (χ1) is 14.3. The molecule has 1 N–H and O–H groups in total. The quantitative estimate of drug-likeness (QED) is 0.491. The van der Waals surface area contributed by atoms with E-state index in [0.717, 1.165) is 20.8 Å². The van der Waals surface area contributed by atoms with Crippen molar-refractivity contribution in [2.75, 3.05) is 5.32 Å². The Bertz CT molecular complexity index is 1280. The van der Waals surface area contributed by atoms with Crippen LogP contribution in [0.1, 0.15) is 10.4 Å². The second kappa shape index (κ2) is 7.25. The largest absolute Gasteiger partial charge is 0.321 e. The van der Waals surface area contributed by atoms with Gasteiger partial charge in [-0.05, 0) is 52.9 Å². The van der Waals surface area contributed by atoms with Crippen LogP contribution in [0.5, 0.6) is 0 Å². The van der Waals surface area contributed by atoms with E-state index in [9.17, 15) is 4.79 Å². The number of nitrogens with one attached hydrogen (secondary N) is 1. The van der Waals surface area contributed by atoms with Gasteiger partial charge in [-0.2, -0.15) is 0 Å². The minimum atomic E-state index is -0.214. The van der Waals surface area contributed by atoms with Crippen LogP contribution >= 0.6 is 11.3 Å². The van der Waals surface area contributed by atoms with Gasteiger partial charge in [-0.15, -0.1) is 16.4 Å². The Hall–Kier alpha value is -3.91. The summed E-state index contributed by atoms with van der Waals surface area (Å²) in [6, 6.07) is 22.8. The number of fused-ring (bicyclic) bond motifs is 1. The van der Waals surface area contributed by atoms with Gasteiger partial charge in [0, 0.05) is 11.1 Å². The number of tetrazole rings is 1. The fourth-order valence-corrected chi connectivity index (χ4v) is 4.03. The summed E-state index contributed by atoms with van der Waals surface area (Å²) >= 11 is 1.60. The maximum atomic E-state index is 12.9. The maximum Gasteiger partial charge on any atom is 0.255 e. The smallest absolute Gasteiger partial charge is 0.255 e. The van der Waals surface area contributed by atoms with Gasteiger partial charge in [0.1, 0.15) is 11.3 Å². The molecule has 29 heavy (non-hydrogen) atoms. The van der Waals surface area contributed by atoms with E-state index in [1.54, 1.807) is 29.5 Å². The highest BCUT2D eigenvalue weighted by Gasteiger charge is 2.14. The molecule has 0 bridgehead atoms. The number of rotatable bonds is 4. The van der Waals surface area contributed by atoms with Crippen molar-refractivity contribution in [1.82, 2.24) is 25.2 Å². The molecule has 5 rings (SSSR count). The minimum absolute atomic E-state index is 0.214. The van der Waals surface area contributed by atoms with Crippen LogP contribution in [0, 0.1) is 0 Å². The van der Waals surface area contributed by atoms with E-state index in [1.165, 1.54) is 11.0 Å². The maximum absolute atomic E-state index is 12.9. The Morgan fingerprint density at radius 1 is 0.966 bits per heavy atom. The molecule has 2 aromatic heterocycles. The molecule has 0 aliphatic carbocycles. The molecule has 140 valence electrons. The van der Waals surface area contributed by atoms with Gasteiger partial charge in [0.15, 0.2) is 0 Å². The molecular weight excluding hydrogens is 384 g/mol. The number of amides is 1. The fraction of sp³-hybridized carbons (Fsp3) is 0. The van der Waals surface area contributed by atoms with Gasteiger partial charge in [0.05, 0.1) is 21.6 Å². The van der Waals surface area contributed by atoms with E-state index in [2.05, 4.69) is 20.8 Å². The van der Waals surface area contributed by atoms with Crippen LogP contribution in [0.3, 0.4) is 0 Å². The first kappa shape index (κ1) is 17.2. The van der Waals surface area contributed by atoms with Crippen LogP contribution in [0.2, 0.25) is 0 Å². The summed E-state index contributed by atoms with van der Waals surface area (Å²) < 4.78 is 2.61. The van der Waals surface area contributed by atoms with Gasteiger partial charge >= 0.3 is 0 Å². The van der Waals surface area contributed by atoms with E-state index in [0.29, 0.717) is 16.9 Å². The number of hydrogen-bond acceptors (Lipinski definition) is 6. The highest BCUT2D eigenvalue weighted by molar-refractivity contribution is 7.21. The third-order valence-electron chi connectivity index (χ3n) is 4.42. The zero-order valence-corrected chi connectivity index (χ0v) is 15.9. The summed E-state index contributed by atoms with van der Waals surface area (Å²) in [4.78, 5) is 17.6. The molecule has 0 unspecified atom stereocenters. The van der Waals surface area contributed by atoms with Crippen LogP contribution in [-0.4, -0.2) is 31.1 Å². The van der Waals surface area contributed by atoms with Crippen LogP contribution < -0.4 is 5.32 Å². The van der Waals surface area contributed by atoms with Gasteiger partial charge in [0.25, 0.3) is 5.91 Å². The summed E-state index contributed by atoms with van der Waals surface area (Å²) in [7, 11) is 0. The molecule has 0 saturated carbocycles. The molecule has 0 aliphatic heterocycles. The number of thiazole rings is 1. The fourth-order valence-electron chi connectivity index (χ4n) is 3.03. The second-order valence-electron chi connectivity index (χ2n) is 6.29.